The normalized spacial score (nSPS) is 11.3. The van der Waals surface area contributed by atoms with Gasteiger partial charge in [0.1, 0.15) is 0 Å². The zero-order valence-electron chi connectivity index (χ0n) is 13.0. The Hall–Kier alpha value is -2.44. The van der Waals surface area contributed by atoms with Crippen molar-refractivity contribution >= 4 is 46.0 Å². The van der Waals surface area contributed by atoms with Crippen LogP contribution >= 0.6 is 23.3 Å². The number of hydrogen-bond donors (Lipinski definition) is 1. The summed E-state index contributed by atoms with van der Waals surface area (Å²) in [5.74, 6) is -0.200. The first-order chi connectivity index (χ1) is 11.8. The highest BCUT2D eigenvalue weighted by molar-refractivity contribution is 7.98. The molecule has 0 radical (unpaired) electrons. The van der Waals surface area contributed by atoms with Gasteiger partial charge in [-0.15, -0.1) is 0 Å². The second-order valence-electron chi connectivity index (χ2n) is 4.88. The van der Waals surface area contributed by atoms with E-state index in [-0.39, 0.29) is 5.91 Å². The van der Waals surface area contributed by atoms with Gasteiger partial charge in [0.05, 0.1) is 0 Å². The van der Waals surface area contributed by atoms with Crippen molar-refractivity contribution in [3.05, 3.63) is 71.8 Å². The van der Waals surface area contributed by atoms with Gasteiger partial charge in [0, 0.05) is 17.1 Å². The van der Waals surface area contributed by atoms with Crippen LogP contribution < -0.4 is 5.32 Å². The van der Waals surface area contributed by atoms with E-state index in [0.29, 0.717) is 15.9 Å². The van der Waals surface area contributed by atoms with Crippen molar-refractivity contribution in [2.75, 3.05) is 11.6 Å². The third-order valence-electron chi connectivity index (χ3n) is 3.25. The zero-order chi connectivity index (χ0) is 16.8. The van der Waals surface area contributed by atoms with E-state index in [4.69, 9.17) is 0 Å². The molecule has 4 nitrogen and oxygen atoms in total. The van der Waals surface area contributed by atoms with Crippen LogP contribution in [-0.2, 0) is 4.79 Å². The average molecular weight is 353 g/mol. The van der Waals surface area contributed by atoms with Gasteiger partial charge in [0.15, 0.2) is 0 Å². The van der Waals surface area contributed by atoms with Gasteiger partial charge in [-0.2, -0.15) is 9.36 Å². The number of hydrogen-bond acceptors (Lipinski definition) is 5. The summed E-state index contributed by atoms with van der Waals surface area (Å²) in [6, 6.07) is 19.4. The molecule has 2 aromatic carbocycles. The number of thioether (sulfide) groups is 1. The second-order valence-corrected chi connectivity index (χ2v) is 6.40. The third kappa shape index (κ3) is 4.10. The number of amides is 1. The Bertz CT molecular complexity index is 845. The third-order valence-corrected chi connectivity index (χ3v) is 4.54. The summed E-state index contributed by atoms with van der Waals surface area (Å²) in [5.41, 5.74) is 2.41. The molecular formula is C18H15N3OS2. The van der Waals surface area contributed by atoms with Crippen LogP contribution in [0.4, 0.5) is 5.13 Å². The minimum atomic E-state index is -0.200. The number of benzene rings is 2. The van der Waals surface area contributed by atoms with E-state index in [2.05, 4.69) is 14.7 Å². The van der Waals surface area contributed by atoms with Crippen LogP contribution in [-0.4, -0.2) is 21.5 Å². The fourth-order valence-corrected chi connectivity index (χ4v) is 3.24. The van der Waals surface area contributed by atoms with E-state index >= 15 is 0 Å². The van der Waals surface area contributed by atoms with Gasteiger partial charge in [0.25, 0.3) is 5.91 Å². The van der Waals surface area contributed by atoms with Crippen LogP contribution in [0.25, 0.3) is 11.6 Å². The van der Waals surface area contributed by atoms with E-state index in [1.54, 1.807) is 0 Å². The predicted molar refractivity (Wildman–Crippen MR) is 101 cm³/mol. The highest BCUT2D eigenvalue weighted by atomic mass is 32.2. The molecular weight excluding hydrogens is 338 g/mol. The van der Waals surface area contributed by atoms with Crippen LogP contribution in [0, 0.1) is 0 Å². The number of rotatable bonds is 5. The first-order valence-electron chi connectivity index (χ1n) is 7.27. The van der Waals surface area contributed by atoms with Gasteiger partial charge in [-0.25, -0.2) is 0 Å². The number of anilines is 1. The molecule has 0 bridgehead atoms. The van der Waals surface area contributed by atoms with Crippen molar-refractivity contribution in [3.8, 4) is 0 Å². The number of carbonyl (C=O) groups excluding carboxylic acids is 1. The van der Waals surface area contributed by atoms with Gasteiger partial charge in [-0.05, 0) is 23.5 Å². The zero-order valence-corrected chi connectivity index (χ0v) is 14.6. The fraction of sp³-hybridized carbons (Fsp3) is 0.0556. The number of carbonyl (C=O) groups is 1. The molecule has 0 spiro atoms. The van der Waals surface area contributed by atoms with Gasteiger partial charge in [0.2, 0.25) is 10.3 Å². The van der Waals surface area contributed by atoms with Gasteiger partial charge < -0.3 is 0 Å². The first kappa shape index (κ1) is 16.4. The van der Waals surface area contributed by atoms with Crippen LogP contribution in [0.3, 0.4) is 0 Å². The van der Waals surface area contributed by atoms with Crippen LogP contribution in [0.2, 0.25) is 0 Å². The van der Waals surface area contributed by atoms with Crippen molar-refractivity contribution in [1.82, 2.24) is 9.36 Å². The maximum absolute atomic E-state index is 12.8. The van der Waals surface area contributed by atoms with Crippen LogP contribution in [0.15, 0.2) is 65.8 Å². The molecule has 24 heavy (non-hydrogen) atoms. The van der Waals surface area contributed by atoms with E-state index < -0.39 is 0 Å². The lowest BCUT2D eigenvalue weighted by atomic mass is 10.0. The minimum absolute atomic E-state index is 0.200. The van der Waals surface area contributed by atoms with Gasteiger partial charge >= 0.3 is 0 Å². The molecule has 0 aliphatic heterocycles. The Balaban J connectivity index is 1.92. The molecule has 0 fully saturated rings. The van der Waals surface area contributed by atoms with Crippen molar-refractivity contribution in [2.45, 2.75) is 5.16 Å². The molecule has 0 atom stereocenters. The lowest BCUT2D eigenvalue weighted by Crippen LogP contribution is -2.13. The molecule has 0 unspecified atom stereocenters. The predicted octanol–water partition coefficient (Wildman–Crippen LogP) is 4.44. The average Bonchev–Trinajstić information content (AvgIpc) is 3.09. The molecule has 1 aromatic heterocycles. The number of nitrogens with zero attached hydrogens (tertiary/aromatic N) is 2. The Labute approximate surface area is 148 Å². The number of aromatic nitrogens is 2. The quantitative estimate of drug-likeness (QED) is 0.418. The van der Waals surface area contributed by atoms with Crippen molar-refractivity contribution in [2.24, 2.45) is 0 Å². The SMILES string of the molecule is CSc1nsc(NC(=O)C(=Cc2ccccc2)c2ccccc2)n1. The fourth-order valence-electron chi connectivity index (χ4n) is 2.12. The summed E-state index contributed by atoms with van der Waals surface area (Å²) < 4.78 is 4.16. The summed E-state index contributed by atoms with van der Waals surface area (Å²) in [6.07, 6.45) is 3.78. The molecule has 1 N–H and O–H groups in total. The van der Waals surface area contributed by atoms with Crippen molar-refractivity contribution < 1.29 is 4.79 Å². The van der Waals surface area contributed by atoms with Crippen LogP contribution in [0.1, 0.15) is 11.1 Å². The number of nitrogens with one attached hydrogen (secondary N) is 1. The molecule has 1 amide bonds. The molecule has 0 aliphatic rings. The van der Waals surface area contributed by atoms with E-state index in [9.17, 15) is 4.79 Å². The topological polar surface area (TPSA) is 54.9 Å². The van der Waals surface area contributed by atoms with Crippen molar-refractivity contribution in [3.63, 3.8) is 0 Å². The summed E-state index contributed by atoms with van der Waals surface area (Å²) in [5, 5.41) is 4.00. The second kappa shape index (κ2) is 7.90. The maximum Gasteiger partial charge on any atom is 0.258 e. The largest absolute Gasteiger partial charge is 0.297 e. The standard InChI is InChI=1S/C18H15N3OS2/c1-23-18-20-17(24-21-18)19-16(22)15(14-10-6-3-7-11-14)12-13-8-4-2-5-9-13/h2-12H,1H3,(H,19,20,21,22). The summed E-state index contributed by atoms with van der Waals surface area (Å²) >= 11 is 2.63. The van der Waals surface area contributed by atoms with E-state index in [1.807, 2.05) is 73.0 Å². The van der Waals surface area contributed by atoms with Crippen LogP contribution in [0.5, 0.6) is 0 Å². The lowest BCUT2D eigenvalue weighted by molar-refractivity contribution is -0.111. The molecule has 3 aromatic rings. The Morgan fingerprint density at radius 1 is 1.08 bits per heavy atom. The Morgan fingerprint density at radius 2 is 1.75 bits per heavy atom. The van der Waals surface area contributed by atoms with Gasteiger partial charge in [-0.1, -0.05) is 72.4 Å². The lowest BCUT2D eigenvalue weighted by Gasteiger charge is -2.07. The smallest absolute Gasteiger partial charge is 0.258 e. The first-order valence-corrected chi connectivity index (χ1v) is 9.27. The molecule has 0 saturated heterocycles. The van der Waals surface area contributed by atoms with Crippen molar-refractivity contribution in [1.29, 1.82) is 0 Å². The summed E-state index contributed by atoms with van der Waals surface area (Å²) in [6.45, 7) is 0. The molecule has 0 saturated carbocycles. The summed E-state index contributed by atoms with van der Waals surface area (Å²) in [4.78, 5) is 17.0. The Morgan fingerprint density at radius 3 is 2.38 bits per heavy atom. The Kier molecular flexibility index (Phi) is 5.40. The highest BCUT2D eigenvalue weighted by Gasteiger charge is 2.14. The maximum atomic E-state index is 12.8. The summed E-state index contributed by atoms with van der Waals surface area (Å²) in [7, 11) is 0. The van der Waals surface area contributed by atoms with Gasteiger partial charge in [-0.3, -0.25) is 10.1 Å². The van der Waals surface area contributed by atoms with E-state index in [1.165, 1.54) is 23.3 Å². The highest BCUT2D eigenvalue weighted by Crippen LogP contribution is 2.22. The minimum Gasteiger partial charge on any atom is -0.297 e. The molecule has 0 aliphatic carbocycles. The molecule has 6 heteroatoms. The molecule has 3 rings (SSSR count). The monoisotopic (exact) mass is 353 g/mol. The van der Waals surface area contributed by atoms with E-state index in [0.717, 1.165) is 11.1 Å². The molecule has 1 heterocycles. The molecule has 120 valence electrons.